The highest BCUT2D eigenvalue weighted by molar-refractivity contribution is 5.36. The number of rotatable bonds is 8. The zero-order valence-electron chi connectivity index (χ0n) is 17.1. The molecule has 3 N–H and O–H groups in total. The van der Waals surface area contributed by atoms with E-state index < -0.39 is 0 Å². The Kier molecular flexibility index (Phi) is 8.97. The largest absolute Gasteiger partial charge is 0.394 e. The van der Waals surface area contributed by atoms with Gasteiger partial charge in [-0.15, -0.1) is 6.58 Å². The van der Waals surface area contributed by atoms with E-state index in [4.69, 9.17) is 15.2 Å². The second-order valence-corrected chi connectivity index (χ2v) is 7.59. The fraction of sp³-hybridized carbons (Fsp3) is 0.652. The smallest absolute Gasteiger partial charge is 0.0704 e. The van der Waals surface area contributed by atoms with E-state index in [2.05, 4.69) is 24.8 Å². The zero-order chi connectivity index (χ0) is 19.7. The first-order valence-electron chi connectivity index (χ1n) is 10.5. The van der Waals surface area contributed by atoms with Crippen LogP contribution in [-0.4, -0.2) is 43.2 Å². The van der Waals surface area contributed by atoms with Crippen molar-refractivity contribution in [2.24, 2.45) is 5.73 Å². The van der Waals surface area contributed by atoms with E-state index in [0.29, 0.717) is 31.8 Å². The summed E-state index contributed by atoms with van der Waals surface area (Å²) in [5.41, 5.74) is 10.1. The Bertz CT molecular complexity index is 589. The molecule has 0 spiro atoms. The van der Waals surface area contributed by atoms with Crippen molar-refractivity contribution in [1.29, 1.82) is 0 Å². The lowest BCUT2D eigenvalue weighted by molar-refractivity contribution is 0.00495. The number of benzene rings is 1. The Balaban J connectivity index is 0.00000126. The standard InChI is InChI=1S/C21H31NO3.C2H6/c1-2-9-24-10-11-25-20-6-5-16-12-17(3-4-18(16)13-20)19-7-8-21(22,14-19)15-23;1-2/h2-4,12,19-20,23H,1,5-11,13-15,22H2;1-2H3/t19?,20?,21-;/m1./s1. The van der Waals surface area contributed by atoms with Gasteiger partial charge in [0.25, 0.3) is 0 Å². The highest BCUT2D eigenvalue weighted by atomic mass is 16.5. The second kappa shape index (κ2) is 11.0. The Morgan fingerprint density at radius 2 is 2.07 bits per heavy atom. The molecule has 0 amide bonds. The van der Waals surface area contributed by atoms with Gasteiger partial charge in [0.05, 0.1) is 32.5 Å². The van der Waals surface area contributed by atoms with E-state index >= 15 is 0 Å². The SMILES string of the molecule is C=CCOCCOC1CCc2cc(C3CC[C@](N)(CO)C3)ccc2C1.CC. The molecule has 4 heteroatoms. The molecule has 1 aromatic carbocycles. The van der Waals surface area contributed by atoms with E-state index in [-0.39, 0.29) is 12.1 Å². The van der Waals surface area contributed by atoms with Crippen LogP contribution in [0.1, 0.15) is 62.1 Å². The maximum absolute atomic E-state index is 9.48. The average Bonchev–Trinajstić information content (AvgIpc) is 3.12. The van der Waals surface area contributed by atoms with Gasteiger partial charge in [-0.3, -0.25) is 0 Å². The van der Waals surface area contributed by atoms with Crippen LogP contribution in [0.3, 0.4) is 0 Å². The van der Waals surface area contributed by atoms with Gasteiger partial charge in [0, 0.05) is 5.54 Å². The molecule has 0 saturated heterocycles. The second-order valence-electron chi connectivity index (χ2n) is 7.59. The van der Waals surface area contributed by atoms with Crippen molar-refractivity contribution in [2.75, 3.05) is 26.4 Å². The molecule has 2 aliphatic carbocycles. The summed E-state index contributed by atoms with van der Waals surface area (Å²) in [6.07, 6.45) is 8.05. The molecule has 3 rings (SSSR count). The first-order valence-corrected chi connectivity index (χ1v) is 10.5. The predicted octanol–water partition coefficient (Wildman–Crippen LogP) is 3.75. The van der Waals surface area contributed by atoms with Crippen molar-refractivity contribution in [3.63, 3.8) is 0 Å². The number of aliphatic hydroxyl groups excluding tert-OH is 1. The van der Waals surface area contributed by atoms with Gasteiger partial charge in [-0.2, -0.15) is 0 Å². The summed E-state index contributed by atoms with van der Waals surface area (Å²) in [6, 6.07) is 6.89. The Morgan fingerprint density at radius 3 is 2.78 bits per heavy atom. The van der Waals surface area contributed by atoms with Crippen molar-refractivity contribution >= 4 is 0 Å². The molecule has 2 unspecified atom stereocenters. The number of hydrogen-bond acceptors (Lipinski definition) is 4. The van der Waals surface area contributed by atoms with Gasteiger partial charge in [0.1, 0.15) is 0 Å². The minimum absolute atomic E-state index is 0.0873. The van der Waals surface area contributed by atoms with Crippen molar-refractivity contribution in [3.8, 4) is 0 Å². The summed E-state index contributed by atoms with van der Waals surface area (Å²) in [6.45, 7) is 9.58. The van der Waals surface area contributed by atoms with E-state index in [0.717, 1.165) is 38.5 Å². The Morgan fingerprint density at radius 1 is 1.26 bits per heavy atom. The Hall–Kier alpha value is -1.20. The number of fused-ring (bicyclic) bond motifs is 1. The lowest BCUT2D eigenvalue weighted by Gasteiger charge is -2.26. The topological polar surface area (TPSA) is 64.7 Å². The molecule has 3 atom stereocenters. The van der Waals surface area contributed by atoms with Crippen LogP contribution in [0, 0.1) is 0 Å². The van der Waals surface area contributed by atoms with E-state index in [1.807, 2.05) is 13.8 Å². The van der Waals surface area contributed by atoms with Gasteiger partial charge < -0.3 is 20.3 Å². The first kappa shape index (κ1) is 22.1. The van der Waals surface area contributed by atoms with Crippen LogP contribution >= 0.6 is 0 Å². The Labute approximate surface area is 164 Å². The summed E-state index contributed by atoms with van der Waals surface area (Å²) < 4.78 is 11.3. The number of ether oxygens (including phenoxy) is 2. The third-order valence-corrected chi connectivity index (χ3v) is 5.66. The summed E-state index contributed by atoms with van der Waals surface area (Å²) in [7, 11) is 0. The first-order chi connectivity index (χ1) is 13.1. The molecule has 1 fully saturated rings. The molecule has 0 bridgehead atoms. The monoisotopic (exact) mass is 375 g/mol. The van der Waals surface area contributed by atoms with Crippen LogP contribution in [0.15, 0.2) is 30.9 Å². The number of nitrogens with two attached hydrogens (primary N) is 1. The lowest BCUT2D eigenvalue weighted by atomic mass is 9.85. The predicted molar refractivity (Wildman–Crippen MR) is 111 cm³/mol. The third-order valence-electron chi connectivity index (χ3n) is 5.66. The maximum atomic E-state index is 9.48. The maximum Gasteiger partial charge on any atom is 0.0704 e. The number of aliphatic hydroxyl groups is 1. The van der Waals surface area contributed by atoms with Gasteiger partial charge >= 0.3 is 0 Å². The molecule has 2 aliphatic rings. The molecule has 4 nitrogen and oxygen atoms in total. The number of hydrogen-bond donors (Lipinski definition) is 2. The van der Waals surface area contributed by atoms with E-state index in [1.54, 1.807) is 6.08 Å². The normalized spacial score (nSPS) is 26.8. The lowest BCUT2D eigenvalue weighted by Crippen LogP contribution is -2.40. The fourth-order valence-electron chi connectivity index (χ4n) is 4.16. The highest BCUT2D eigenvalue weighted by Gasteiger charge is 2.36. The fourth-order valence-corrected chi connectivity index (χ4v) is 4.16. The van der Waals surface area contributed by atoms with Crippen LogP contribution in [0.4, 0.5) is 0 Å². The summed E-state index contributed by atoms with van der Waals surface area (Å²) >= 11 is 0. The van der Waals surface area contributed by atoms with E-state index in [9.17, 15) is 5.11 Å². The minimum atomic E-state index is -0.382. The molecule has 0 aromatic heterocycles. The molecule has 0 heterocycles. The quantitative estimate of drug-likeness (QED) is 0.536. The summed E-state index contributed by atoms with van der Waals surface area (Å²) in [5.74, 6) is 0.485. The zero-order valence-corrected chi connectivity index (χ0v) is 17.1. The van der Waals surface area contributed by atoms with Gasteiger partial charge in [0.15, 0.2) is 0 Å². The van der Waals surface area contributed by atoms with Crippen LogP contribution < -0.4 is 5.73 Å². The molecular weight excluding hydrogens is 338 g/mol. The van der Waals surface area contributed by atoms with Crippen molar-refractivity contribution in [1.82, 2.24) is 0 Å². The van der Waals surface area contributed by atoms with Gasteiger partial charge in [-0.05, 0) is 61.1 Å². The van der Waals surface area contributed by atoms with Crippen LogP contribution in [0.5, 0.6) is 0 Å². The van der Waals surface area contributed by atoms with Crippen LogP contribution in [0.25, 0.3) is 0 Å². The van der Waals surface area contributed by atoms with E-state index in [1.165, 1.54) is 16.7 Å². The molecule has 0 aliphatic heterocycles. The number of aryl methyl sites for hydroxylation is 1. The molecule has 152 valence electrons. The molecule has 27 heavy (non-hydrogen) atoms. The van der Waals surface area contributed by atoms with Crippen LogP contribution in [0.2, 0.25) is 0 Å². The summed E-state index contributed by atoms with van der Waals surface area (Å²) in [4.78, 5) is 0. The highest BCUT2D eigenvalue weighted by Crippen LogP contribution is 2.40. The van der Waals surface area contributed by atoms with Crippen molar-refractivity contribution < 1.29 is 14.6 Å². The molecule has 1 aromatic rings. The molecular formula is C23H37NO3. The van der Waals surface area contributed by atoms with Gasteiger partial charge in [-0.1, -0.05) is 38.1 Å². The average molecular weight is 376 g/mol. The minimum Gasteiger partial charge on any atom is -0.394 e. The third kappa shape index (κ3) is 6.15. The summed E-state index contributed by atoms with van der Waals surface area (Å²) in [5, 5.41) is 9.48. The van der Waals surface area contributed by atoms with Crippen molar-refractivity contribution in [3.05, 3.63) is 47.5 Å². The van der Waals surface area contributed by atoms with Crippen molar-refractivity contribution in [2.45, 2.75) is 69.9 Å². The van der Waals surface area contributed by atoms with Gasteiger partial charge in [-0.25, -0.2) is 0 Å². The molecule has 0 radical (unpaired) electrons. The molecule has 1 saturated carbocycles. The van der Waals surface area contributed by atoms with Crippen LogP contribution in [-0.2, 0) is 22.3 Å². The van der Waals surface area contributed by atoms with Gasteiger partial charge in [0.2, 0.25) is 0 Å².